The lowest BCUT2D eigenvalue weighted by Crippen LogP contribution is -2.39. The van der Waals surface area contributed by atoms with Gasteiger partial charge in [-0.1, -0.05) is 6.92 Å². The Morgan fingerprint density at radius 2 is 1.83 bits per heavy atom. The second kappa shape index (κ2) is 5.85. The first kappa shape index (κ1) is 14.9. The highest BCUT2D eigenvalue weighted by Gasteiger charge is 2.55. The maximum absolute atomic E-state index is 5.49. The van der Waals surface area contributed by atoms with Gasteiger partial charge in [0.2, 0.25) is 5.95 Å². The van der Waals surface area contributed by atoms with Crippen molar-refractivity contribution < 1.29 is 4.74 Å². The molecular formula is C18H27N5O. The number of hydrogen-bond donors (Lipinski definition) is 1. The molecule has 6 heteroatoms. The molecule has 1 aromatic rings. The molecule has 0 radical (unpaired) electrons. The lowest BCUT2D eigenvalue weighted by Gasteiger charge is -2.30. The van der Waals surface area contributed by atoms with E-state index in [-0.39, 0.29) is 0 Å². The highest BCUT2D eigenvalue weighted by molar-refractivity contribution is 5.51. The molecule has 4 aliphatic rings. The zero-order valence-electron chi connectivity index (χ0n) is 14.4. The van der Waals surface area contributed by atoms with E-state index in [9.17, 15) is 0 Å². The Morgan fingerprint density at radius 3 is 2.50 bits per heavy atom. The van der Waals surface area contributed by atoms with E-state index >= 15 is 0 Å². The predicted molar refractivity (Wildman–Crippen MR) is 93.6 cm³/mol. The van der Waals surface area contributed by atoms with Crippen molar-refractivity contribution in [1.29, 1.82) is 0 Å². The van der Waals surface area contributed by atoms with Gasteiger partial charge in [0.05, 0.1) is 13.2 Å². The summed E-state index contributed by atoms with van der Waals surface area (Å²) in [5.41, 5.74) is 1.16. The number of aromatic nitrogens is 2. The summed E-state index contributed by atoms with van der Waals surface area (Å²) in [6, 6.07) is 3.59. The number of fused-ring (bicyclic) bond motifs is 5. The minimum Gasteiger partial charge on any atom is -0.378 e. The van der Waals surface area contributed by atoms with Gasteiger partial charge in [0.25, 0.3) is 0 Å². The Labute approximate surface area is 143 Å². The van der Waals surface area contributed by atoms with E-state index in [1.54, 1.807) is 0 Å². The Morgan fingerprint density at radius 1 is 1.12 bits per heavy atom. The first-order valence-electron chi connectivity index (χ1n) is 9.55. The molecule has 6 nitrogen and oxygen atoms in total. The fourth-order valence-corrected chi connectivity index (χ4v) is 5.30. The standard InChI is InChI=1S/C18H27N5O/c1-2-12-9-17(21-18(20-12)22-5-7-24-8-6-22)23-15-3-4-16(23)14-11-19-10-13(14)15/h9,13-16,19H,2-8,10-11H2,1H3/t13-,14+,15-,16+. The molecule has 0 aromatic carbocycles. The molecular weight excluding hydrogens is 302 g/mol. The first-order valence-corrected chi connectivity index (χ1v) is 9.55. The number of rotatable bonds is 3. The molecule has 4 saturated heterocycles. The van der Waals surface area contributed by atoms with Crippen LogP contribution in [0, 0.1) is 11.8 Å². The number of nitrogens with zero attached hydrogens (tertiary/aromatic N) is 4. The Bertz CT molecular complexity index is 599. The molecule has 4 aliphatic heterocycles. The summed E-state index contributed by atoms with van der Waals surface area (Å²) in [6.45, 7) is 7.91. The van der Waals surface area contributed by atoms with Crippen molar-refractivity contribution in [2.24, 2.45) is 11.8 Å². The van der Waals surface area contributed by atoms with Crippen LogP contribution >= 0.6 is 0 Å². The highest BCUT2D eigenvalue weighted by Crippen LogP contribution is 2.49. The van der Waals surface area contributed by atoms with Crippen LogP contribution in [-0.2, 0) is 11.2 Å². The minimum atomic E-state index is 0.673. The van der Waals surface area contributed by atoms with Gasteiger partial charge in [0.15, 0.2) is 0 Å². The summed E-state index contributed by atoms with van der Waals surface area (Å²) in [5.74, 6) is 3.71. The monoisotopic (exact) mass is 329 g/mol. The fraction of sp³-hybridized carbons (Fsp3) is 0.778. The molecule has 24 heavy (non-hydrogen) atoms. The van der Waals surface area contributed by atoms with Gasteiger partial charge < -0.3 is 19.9 Å². The summed E-state index contributed by atoms with van der Waals surface area (Å²) < 4.78 is 5.49. The third-order valence-electron chi connectivity index (χ3n) is 6.45. The van der Waals surface area contributed by atoms with Crippen LogP contribution in [0.3, 0.4) is 0 Å². The Hall–Kier alpha value is -1.40. The van der Waals surface area contributed by atoms with Gasteiger partial charge in [-0.05, 0) is 31.1 Å². The molecule has 4 atom stereocenters. The van der Waals surface area contributed by atoms with Crippen LogP contribution in [0.25, 0.3) is 0 Å². The van der Waals surface area contributed by atoms with E-state index in [1.165, 1.54) is 31.7 Å². The van der Waals surface area contributed by atoms with Crippen molar-refractivity contribution in [3.8, 4) is 0 Å². The summed E-state index contributed by atoms with van der Waals surface area (Å²) >= 11 is 0. The molecule has 0 aliphatic carbocycles. The lowest BCUT2D eigenvalue weighted by molar-refractivity contribution is 0.122. The van der Waals surface area contributed by atoms with Crippen LogP contribution in [0.4, 0.5) is 11.8 Å². The number of morpholine rings is 1. The van der Waals surface area contributed by atoms with Gasteiger partial charge in [-0.2, -0.15) is 4.98 Å². The molecule has 5 heterocycles. The van der Waals surface area contributed by atoms with E-state index < -0.39 is 0 Å². The number of anilines is 2. The fourth-order valence-electron chi connectivity index (χ4n) is 5.30. The summed E-state index contributed by atoms with van der Waals surface area (Å²) in [5, 5.41) is 3.60. The van der Waals surface area contributed by atoms with Gasteiger partial charge in [-0.15, -0.1) is 0 Å². The van der Waals surface area contributed by atoms with E-state index in [0.717, 1.165) is 56.2 Å². The summed E-state index contributed by atoms with van der Waals surface area (Å²) in [6.07, 6.45) is 3.61. The van der Waals surface area contributed by atoms with Crippen LogP contribution in [0.1, 0.15) is 25.5 Å². The number of aryl methyl sites for hydroxylation is 1. The SMILES string of the molecule is CCc1cc(N2[C@@H]3CC[C@H]2[C@H]2CNC[C@H]23)nc(N2CCOCC2)n1. The number of hydrogen-bond acceptors (Lipinski definition) is 6. The second-order valence-corrected chi connectivity index (χ2v) is 7.58. The van der Waals surface area contributed by atoms with Crippen molar-refractivity contribution in [1.82, 2.24) is 15.3 Å². The molecule has 2 bridgehead atoms. The quantitative estimate of drug-likeness (QED) is 0.895. The van der Waals surface area contributed by atoms with Crippen LogP contribution < -0.4 is 15.1 Å². The number of nitrogens with one attached hydrogen (secondary N) is 1. The van der Waals surface area contributed by atoms with Gasteiger partial charge in [0, 0.05) is 50.0 Å². The highest BCUT2D eigenvalue weighted by atomic mass is 16.5. The van der Waals surface area contributed by atoms with Gasteiger partial charge in [0.1, 0.15) is 5.82 Å². The molecule has 130 valence electrons. The predicted octanol–water partition coefficient (Wildman–Crippen LogP) is 1.06. The zero-order chi connectivity index (χ0) is 16.1. The van der Waals surface area contributed by atoms with Crippen LogP contribution in [0.2, 0.25) is 0 Å². The molecule has 4 fully saturated rings. The van der Waals surface area contributed by atoms with Crippen LogP contribution in [0.5, 0.6) is 0 Å². The summed E-state index contributed by atoms with van der Waals surface area (Å²) in [4.78, 5) is 14.8. The van der Waals surface area contributed by atoms with E-state index in [1.807, 2.05) is 0 Å². The maximum Gasteiger partial charge on any atom is 0.227 e. The van der Waals surface area contributed by atoms with Gasteiger partial charge in [-0.25, -0.2) is 4.98 Å². The van der Waals surface area contributed by atoms with Crippen molar-refractivity contribution in [2.45, 2.75) is 38.3 Å². The molecule has 5 rings (SSSR count). The smallest absolute Gasteiger partial charge is 0.227 e. The van der Waals surface area contributed by atoms with Crippen molar-refractivity contribution >= 4 is 11.8 Å². The molecule has 0 unspecified atom stereocenters. The maximum atomic E-state index is 5.49. The molecule has 0 amide bonds. The van der Waals surface area contributed by atoms with E-state index in [2.05, 4.69) is 28.1 Å². The zero-order valence-corrected chi connectivity index (χ0v) is 14.4. The van der Waals surface area contributed by atoms with Crippen molar-refractivity contribution in [3.63, 3.8) is 0 Å². The third-order valence-corrected chi connectivity index (χ3v) is 6.45. The van der Waals surface area contributed by atoms with Crippen LogP contribution in [0.15, 0.2) is 6.07 Å². The Balaban J connectivity index is 1.49. The largest absolute Gasteiger partial charge is 0.378 e. The number of ether oxygens (including phenoxy) is 1. The normalized spacial score (nSPS) is 34.9. The lowest BCUT2D eigenvalue weighted by atomic mass is 9.82. The summed E-state index contributed by atoms with van der Waals surface area (Å²) in [7, 11) is 0. The third kappa shape index (κ3) is 2.23. The Kier molecular flexibility index (Phi) is 3.63. The molecule has 0 saturated carbocycles. The molecule has 1 aromatic heterocycles. The van der Waals surface area contributed by atoms with Crippen molar-refractivity contribution in [2.75, 3.05) is 49.2 Å². The second-order valence-electron chi connectivity index (χ2n) is 7.58. The van der Waals surface area contributed by atoms with E-state index in [4.69, 9.17) is 14.7 Å². The first-order chi connectivity index (χ1) is 11.8. The average molecular weight is 329 g/mol. The topological polar surface area (TPSA) is 53.5 Å². The molecule has 0 spiro atoms. The van der Waals surface area contributed by atoms with Crippen LogP contribution in [-0.4, -0.2) is 61.4 Å². The minimum absolute atomic E-state index is 0.673. The average Bonchev–Trinajstić information content (AvgIpc) is 3.34. The van der Waals surface area contributed by atoms with Crippen molar-refractivity contribution in [3.05, 3.63) is 11.8 Å². The van der Waals surface area contributed by atoms with Gasteiger partial charge in [-0.3, -0.25) is 0 Å². The van der Waals surface area contributed by atoms with Gasteiger partial charge >= 0.3 is 0 Å². The van der Waals surface area contributed by atoms with E-state index in [0.29, 0.717) is 12.1 Å². The molecule has 1 N–H and O–H groups in total.